The van der Waals surface area contributed by atoms with Crippen molar-refractivity contribution in [3.05, 3.63) is 28.7 Å². The number of benzene rings is 1. The van der Waals surface area contributed by atoms with Crippen LogP contribution in [-0.2, 0) is 9.59 Å². The molecule has 2 rings (SSSR count). The van der Waals surface area contributed by atoms with Crippen LogP contribution < -0.4 is 9.47 Å². The van der Waals surface area contributed by atoms with E-state index in [1.54, 1.807) is 6.08 Å². The molecule has 1 heterocycles. The minimum atomic E-state index is -0.941. The van der Waals surface area contributed by atoms with Gasteiger partial charge < -0.3 is 19.5 Å². The number of amides is 1. The second-order valence-corrected chi connectivity index (χ2v) is 7.13. The van der Waals surface area contributed by atoms with Gasteiger partial charge in [0.2, 0.25) is 0 Å². The quantitative estimate of drug-likeness (QED) is 0.531. The van der Waals surface area contributed by atoms with Crippen LogP contribution in [-0.4, -0.2) is 46.3 Å². The lowest BCUT2D eigenvalue weighted by atomic mass is 10.2. The number of aliphatic carboxylic acids is 1. The van der Waals surface area contributed by atoms with Crippen molar-refractivity contribution in [2.45, 2.75) is 25.0 Å². The topological polar surface area (TPSA) is 76.1 Å². The Kier molecular flexibility index (Phi) is 7.07. The summed E-state index contributed by atoms with van der Waals surface area (Å²) in [5.41, 5.74) is 0.809. The van der Waals surface area contributed by atoms with E-state index in [4.69, 9.17) is 14.6 Å². The molecule has 8 heteroatoms. The average Bonchev–Trinajstić information content (AvgIpc) is 2.82. The lowest BCUT2D eigenvalue weighted by Crippen LogP contribution is -2.31. The fourth-order valence-corrected chi connectivity index (χ4v) is 3.84. The number of carboxylic acids is 1. The van der Waals surface area contributed by atoms with Gasteiger partial charge in [-0.3, -0.25) is 9.59 Å². The zero-order chi connectivity index (χ0) is 18.4. The molecule has 0 saturated carbocycles. The van der Waals surface area contributed by atoms with Crippen LogP contribution >= 0.6 is 24.4 Å². The van der Waals surface area contributed by atoms with Gasteiger partial charge in [-0.2, -0.15) is 0 Å². The number of thiol groups is 1. The van der Waals surface area contributed by atoms with E-state index in [0.717, 1.165) is 5.56 Å². The standard InChI is InChI=1S/C17H21NO5S2/c1-3-22-12-6-5-11(9-13(12)23-4-2)10-14-16(21)18(17(24)25-14)8-7-15(19)20/h5-6,9-10,17,24H,3-4,7-8H2,1-2H3,(H,19,20)/b14-10-. The highest BCUT2D eigenvalue weighted by atomic mass is 32.2. The van der Waals surface area contributed by atoms with Crippen molar-refractivity contribution >= 4 is 42.3 Å². The second kappa shape index (κ2) is 9.05. The first kappa shape index (κ1) is 19.5. The Morgan fingerprint density at radius 1 is 1.32 bits per heavy atom. The molecule has 136 valence electrons. The Balaban J connectivity index is 2.20. The van der Waals surface area contributed by atoms with Crippen molar-refractivity contribution in [2.75, 3.05) is 19.8 Å². The molecule has 1 aliphatic heterocycles. The minimum absolute atomic E-state index is 0.103. The Morgan fingerprint density at radius 2 is 2.00 bits per heavy atom. The summed E-state index contributed by atoms with van der Waals surface area (Å²) in [4.78, 5) is 25.1. The highest BCUT2D eigenvalue weighted by molar-refractivity contribution is 8.14. The molecule has 25 heavy (non-hydrogen) atoms. The second-order valence-electron chi connectivity index (χ2n) is 5.17. The highest BCUT2D eigenvalue weighted by Crippen LogP contribution is 2.39. The van der Waals surface area contributed by atoms with Gasteiger partial charge in [0.15, 0.2) is 11.5 Å². The molecule has 1 unspecified atom stereocenters. The lowest BCUT2D eigenvalue weighted by Gasteiger charge is -2.17. The summed E-state index contributed by atoms with van der Waals surface area (Å²) in [7, 11) is 0. The SMILES string of the molecule is CCOc1ccc(/C=C2\SC(S)N(CCC(=O)O)C2=O)cc1OCC. The van der Waals surface area contributed by atoms with Crippen LogP contribution in [0.25, 0.3) is 6.08 Å². The molecule has 0 aliphatic carbocycles. The molecular weight excluding hydrogens is 362 g/mol. The van der Waals surface area contributed by atoms with E-state index in [9.17, 15) is 9.59 Å². The molecule has 1 aromatic rings. The number of rotatable bonds is 8. The van der Waals surface area contributed by atoms with E-state index in [1.807, 2.05) is 32.0 Å². The summed E-state index contributed by atoms with van der Waals surface area (Å²) >= 11 is 5.66. The van der Waals surface area contributed by atoms with Gasteiger partial charge in [-0.05, 0) is 37.6 Å². The smallest absolute Gasteiger partial charge is 0.305 e. The zero-order valence-electron chi connectivity index (χ0n) is 14.1. The maximum atomic E-state index is 12.5. The van der Waals surface area contributed by atoms with Gasteiger partial charge in [0.1, 0.15) is 4.71 Å². The van der Waals surface area contributed by atoms with Crippen LogP contribution in [0.3, 0.4) is 0 Å². The Morgan fingerprint density at radius 3 is 2.64 bits per heavy atom. The normalized spacial score (nSPS) is 18.7. The third-order valence-corrected chi connectivity index (χ3v) is 5.01. The molecule has 1 aromatic carbocycles. The van der Waals surface area contributed by atoms with Gasteiger partial charge in [-0.1, -0.05) is 17.8 Å². The first-order valence-electron chi connectivity index (χ1n) is 7.95. The van der Waals surface area contributed by atoms with Crippen molar-refractivity contribution < 1.29 is 24.2 Å². The van der Waals surface area contributed by atoms with Crippen molar-refractivity contribution in [1.82, 2.24) is 4.90 Å². The third-order valence-electron chi connectivity index (χ3n) is 3.40. The van der Waals surface area contributed by atoms with E-state index >= 15 is 0 Å². The van der Waals surface area contributed by atoms with Gasteiger partial charge in [0, 0.05) is 6.54 Å². The van der Waals surface area contributed by atoms with Crippen LogP contribution in [0.15, 0.2) is 23.1 Å². The molecule has 6 nitrogen and oxygen atoms in total. The summed E-state index contributed by atoms with van der Waals surface area (Å²) in [5, 5.41) is 8.79. The maximum absolute atomic E-state index is 12.5. The largest absolute Gasteiger partial charge is 0.490 e. The van der Waals surface area contributed by atoms with Crippen molar-refractivity contribution in [3.8, 4) is 11.5 Å². The fraction of sp³-hybridized carbons (Fsp3) is 0.412. The molecule has 1 saturated heterocycles. The van der Waals surface area contributed by atoms with E-state index < -0.39 is 5.97 Å². The number of hydrogen-bond acceptors (Lipinski definition) is 6. The molecule has 1 amide bonds. The Bertz CT molecular complexity index is 677. The summed E-state index contributed by atoms with van der Waals surface area (Å²) in [6, 6.07) is 5.48. The molecular formula is C17H21NO5S2. The molecule has 1 atom stereocenters. The summed E-state index contributed by atoms with van der Waals surface area (Å²) in [5.74, 6) is 0.132. The number of ether oxygens (including phenoxy) is 2. The Hall–Kier alpha value is -1.80. The zero-order valence-corrected chi connectivity index (χ0v) is 15.8. The van der Waals surface area contributed by atoms with Crippen LogP contribution in [0.2, 0.25) is 0 Å². The van der Waals surface area contributed by atoms with Crippen molar-refractivity contribution in [2.24, 2.45) is 0 Å². The minimum Gasteiger partial charge on any atom is -0.490 e. The van der Waals surface area contributed by atoms with E-state index in [1.165, 1.54) is 16.7 Å². The number of carboxylic acid groups (broad SMARTS) is 1. The van der Waals surface area contributed by atoms with E-state index in [2.05, 4.69) is 12.6 Å². The number of carbonyl (C=O) groups is 2. The number of nitrogens with zero attached hydrogens (tertiary/aromatic N) is 1. The van der Waals surface area contributed by atoms with Crippen LogP contribution in [0.5, 0.6) is 11.5 Å². The number of carbonyl (C=O) groups excluding carboxylic acids is 1. The Labute approximate surface area is 156 Å². The average molecular weight is 383 g/mol. The molecule has 1 N–H and O–H groups in total. The van der Waals surface area contributed by atoms with Gasteiger partial charge in [-0.15, -0.1) is 12.6 Å². The summed E-state index contributed by atoms with van der Waals surface area (Å²) < 4.78 is 10.7. The van der Waals surface area contributed by atoms with Crippen molar-refractivity contribution in [1.29, 1.82) is 0 Å². The van der Waals surface area contributed by atoms with Gasteiger partial charge in [0.05, 0.1) is 24.5 Å². The third kappa shape index (κ3) is 5.09. The van der Waals surface area contributed by atoms with Gasteiger partial charge >= 0.3 is 5.97 Å². The molecule has 1 aliphatic rings. The van der Waals surface area contributed by atoms with Crippen LogP contribution in [0.4, 0.5) is 0 Å². The summed E-state index contributed by atoms with van der Waals surface area (Å²) in [6.45, 7) is 4.98. The predicted octanol–water partition coefficient (Wildman–Crippen LogP) is 3.09. The molecule has 0 radical (unpaired) electrons. The van der Waals surface area contributed by atoms with Crippen molar-refractivity contribution in [3.63, 3.8) is 0 Å². The molecule has 0 aromatic heterocycles. The first-order valence-corrected chi connectivity index (χ1v) is 9.34. The predicted molar refractivity (Wildman–Crippen MR) is 101 cm³/mol. The first-order chi connectivity index (χ1) is 12.0. The maximum Gasteiger partial charge on any atom is 0.305 e. The fourth-order valence-electron chi connectivity index (χ4n) is 2.30. The van der Waals surface area contributed by atoms with E-state index in [0.29, 0.717) is 29.6 Å². The summed E-state index contributed by atoms with van der Waals surface area (Å²) in [6.07, 6.45) is 1.66. The van der Waals surface area contributed by atoms with Gasteiger partial charge in [-0.25, -0.2) is 0 Å². The highest BCUT2D eigenvalue weighted by Gasteiger charge is 2.33. The molecule has 0 bridgehead atoms. The molecule has 0 spiro atoms. The molecule has 1 fully saturated rings. The van der Waals surface area contributed by atoms with Crippen LogP contribution in [0, 0.1) is 0 Å². The number of thioether (sulfide) groups is 1. The lowest BCUT2D eigenvalue weighted by molar-refractivity contribution is -0.137. The van der Waals surface area contributed by atoms with Crippen LogP contribution in [0.1, 0.15) is 25.8 Å². The van der Waals surface area contributed by atoms with E-state index in [-0.39, 0.29) is 23.6 Å². The number of hydrogen-bond donors (Lipinski definition) is 2. The van der Waals surface area contributed by atoms with Gasteiger partial charge in [0.25, 0.3) is 5.91 Å². The monoisotopic (exact) mass is 383 g/mol.